The lowest BCUT2D eigenvalue weighted by atomic mass is 9.42. The van der Waals surface area contributed by atoms with E-state index in [1.807, 2.05) is 6.92 Å². The second-order valence-electron chi connectivity index (χ2n) is 13.6. The van der Waals surface area contributed by atoms with Gasteiger partial charge >= 0.3 is 17.6 Å². The van der Waals surface area contributed by atoms with Gasteiger partial charge in [0.1, 0.15) is 28.8 Å². The van der Waals surface area contributed by atoms with E-state index in [2.05, 4.69) is 32.7 Å². The van der Waals surface area contributed by atoms with Gasteiger partial charge in [-0.3, -0.25) is 14.6 Å². The van der Waals surface area contributed by atoms with Gasteiger partial charge in [0.15, 0.2) is 0 Å². The van der Waals surface area contributed by atoms with Gasteiger partial charge in [0.25, 0.3) is 0 Å². The number of carbonyl (C=O) groups is 2. The summed E-state index contributed by atoms with van der Waals surface area (Å²) in [5, 5.41) is 12.1. The zero-order valence-electron chi connectivity index (χ0n) is 26.0. The lowest BCUT2D eigenvalue weighted by molar-refractivity contribution is -0.273. The molecule has 0 aromatic carbocycles. The van der Waals surface area contributed by atoms with E-state index in [1.54, 1.807) is 30.6 Å². The normalized spacial score (nSPS) is 34.8. The molecule has 2 unspecified atom stereocenters. The molecule has 234 valence electrons. The predicted molar refractivity (Wildman–Crippen MR) is 156 cm³/mol. The fraction of sp³-hybridized carbons (Fsp3) is 0.636. The molecule has 2 aliphatic carbocycles. The Morgan fingerprint density at radius 1 is 1.16 bits per heavy atom. The Kier molecular flexibility index (Phi) is 8.24. The number of hydrogen-bond acceptors (Lipinski definition) is 10. The van der Waals surface area contributed by atoms with Gasteiger partial charge in [-0.2, -0.15) is 0 Å². The van der Waals surface area contributed by atoms with Crippen molar-refractivity contribution in [3.8, 4) is 17.1 Å². The zero-order valence-corrected chi connectivity index (χ0v) is 26.0. The van der Waals surface area contributed by atoms with Crippen molar-refractivity contribution in [1.82, 2.24) is 4.98 Å². The van der Waals surface area contributed by atoms with E-state index >= 15 is 0 Å². The molecule has 3 heterocycles. The monoisotopic (exact) mass is 597 g/mol. The number of aliphatic hydroxyl groups excluding tert-OH is 1. The third-order valence-corrected chi connectivity index (χ3v) is 10.1. The summed E-state index contributed by atoms with van der Waals surface area (Å²) >= 11 is 0. The highest BCUT2D eigenvalue weighted by atomic mass is 16.6. The third-order valence-electron chi connectivity index (χ3n) is 10.1. The summed E-state index contributed by atoms with van der Waals surface area (Å²) in [6.45, 7) is 13.5. The van der Waals surface area contributed by atoms with Gasteiger partial charge in [-0.15, -0.1) is 0 Å². The maximum absolute atomic E-state index is 13.5. The predicted octanol–water partition coefficient (Wildman–Crippen LogP) is 4.86. The molecule has 8 atom stereocenters. The Hall–Kier alpha value is -3.24. The Morgan fingerprint density at radius 3 is 2.53 bits per heavy atom. The van der Waals surface area contributed by atoms with Crippen LogP contribution in [0.15, 0.2) is 39.8 Å². The van der Waals surface area contributed by atoms with Crippen molar-refractivity contribution >= 4 is 11.9 Å². The van der Waals surface area contributed by atoms with Crippen molar-refractivity contribution in [1.29, 1.82) is 0 Å². The van der Waals surface area contributed by atoms with E-state index in [9.17, 15) is 19.5 Å². The minimum absolute atomic E-state index is 0.0402. The molecule has 2 fully saturated rings. The maximum atomic E-state index is 13.5. The van der Waals surface area contributed by atoms with Gasteiger partial charge in [0.2, 0.25) is 0 Å². The van der Waals surface area contributed by atoms with Crippen LogP contribution in [-0.2, 0) is 23.8 Å². The number of aromatic nitrogens is 1. The lowest BCUT2D eigenvalue weighted by Gasteiger charge is -2.66. The van der Waals surface area contributed by atoms with Crippen molar-refractivity contribution in [3.63, 3.8) is 0 Å². The SMILES string of the molecule is CC(=O)OC[C@@]1(C)C2C[C@H](OC(C)=O)[C@@]3(C)Oc4cc(-c5cccnc5)oc(=O)c4[C@H](O)C3[C@@]2(C)CC[C@@H]1OCC(C)C. The van der Waals surface area contributed by atoms with Crippen molar-refractivity contribution in [2.75, 3.05) is 13.2 Å². The first-order valence-electron chi connectivity index (χ1n) is 15.1. The van der Waals surface area contributed by atoms with E-state index < -0.39 is 52.1 Å². The van der Waals surface area contributed by atoms with Crippen molar-refractivity contribution in [3.05, 3.63) is 46.6 Å². The molecule has 1 N–H and O–H groups in total. The number of esters is 2. The highest BCUT2D eigenvalue weighted by Crippen LogP contribution is 2.67. The fourth-order valence-corrected chi connectivity index (χ4v) is 8.23. The number of rotatable bonds is 7. The number of carbonyl (C=O) groups excluding carboxylic acids is 2. The molecular formula is C33H43NO9. The highest BCUT2D eigenvalue weighted by Gasteiger charge is 2.70. The second-order valence-corrected chi connectivity index (χ2v) is 13.6. The summed E-state index contributed by atoms with van der Waals surface area (Å²) < 4.78 is 30.5. The number of hydrogen-bond donors (Lipinski definition) is 1. The minimum Gasteiger partial charge on any atom is -0.482 e. The number of ether oxygens (including phenoxy) is 4. The summed E-state index contributed by atoms with van der Waals surface area (Å²) in [6, 6.07) is 5.09. The number of pyridine rings is 1. The summed E-state index contributed by atoms with van der Waals surface area (Å²) in [5.41, 5.74) is -2.56. The Bertz CT molecular complexity index is 1420. The molecule has 0 amide bonds. The lowest BCUT2D eigenvalue weighted by Crippen LogP contribution is -2.71. The van der Waals surface area contributed by atoms with Crippen LogP contribution < -0.4 is 10.4 Å². The Balaban J connectivity index is 1.64. The zero-order chi connectivity index (χ0) is 31.3. The molecule has 2 aromatic heterocycles. The Labute approximate surface area is 252 Å². The van der Waals surface area contributed by atoms with Crippen LogP contribution in [0.3, 0.4) is 0 Å². The molecular weight excluding hydrogens is 554 g/mol. The van der Waals surface area contributed by atoms with Crippen LogP contribution in [0.1, 0.15) is 79.4 Å². The Morgan fingerprint density at radius 2 is 1.91 bits per heavy atom. The van der Waals surface area contributed by atoms with E-state index in [0.717, 1.165) is 0 Å². The van der Waals surface area contributed by atoms with Crippen LogP contribution in [-0.4, -0.2) is 53.1 Å². The van der Waals surface area contributed by atoms with E-state index in [0.29, 0.717) is 37.4 Å². The smallest absolute Gasteiger partial charge is 0.345 e. The van der Waals surface area contributed by atoms with Gasteiger partial charge in [-0.05, 0) is 55.6 Å². The average molecular weight is 598 g/mol. The molecule has 10 nitrogen and oxygen atoms in total. The molecule has 0 radical (unpaired) electrons. The summed E-state index contributed by atoms with van der Waals surface area (Å²) in [7, 11) is 0. The average Bonchev–Trinajstić information content (AvgIpc) is 2.92. The molecule has 0 saturated heterocycles. The number of fused-ring (bicyclic) bond motifs is 4. The summed E-state index contributed by atoms with van der Waals surface area (Å²) in [4.78, 5) is 42.1. The van der Waals surface area contributed by atoms with Crippen LogP contribution in [0.4, 0.5) is 0 Å². The van der Waals surface area contributed by atoms with Crippen LogP contribution in [0, 0.1) is 28.6 Å². The number of aliphatic hydroxyl groups is 1. The minimum atomic E-state index is -1.27. The van der Waals surface area contributed by atoms with Crippen LogP contribution in [0.5, 0.6) is 5.75 Å². The fourth-order valence-electron chi connectivity index (χ4n) is 8.23. The van der Waals surface area contributed by atoms with Crippen LogP contribution in [0.2, 0.25) is 0 Å². The molecule has 0 spiro atoms. The van der Waals surface area contributed by atoms with E-state index in [-0.39, 0.29) is 35.7 Å². The quantitative estimate of drug-likeness (QED) is 0.441. The molecule has 5 rings (SSSR count). The first-order chi connectivity index (χ1) is 20.2. The van der Waals surface area contributed by atoms with E-state index in [1.165, 1.54) is 13.8 Å². The molecule has 0 bridgehead atoms. The molecule has 10 heteroatoms. The van der Waals surface area contributed by atoms with Gasteiger partial charge in [0.05, 0.1) is 18.8 Å². The summed E-state index contributed by atoms with van der Waals surface area (Å²) in [6.07, 6.45) is 2.60. The van der Waals surface area contributed by atoms with Crippen LogP contribution in [0.25, 0.3) is 11.3 Å². The molecule has 1 aliphatic heterocycles. The topological polar surface area (TPSA) is 134 Å². The van der Waals surface area contributed by atoms with Gasteiger partial charge in [0, 0.05) is 55.8 Å². The first-order valence-corrected chi connectivity index (χ1v) is 15.1. The van der Waals surface area contributed by atoms with Crippen molar-refractivity contribution in [2.45, 2.75) is 91.6 Å². The highest BCUT2D eigenvalue weighted by molar-refractivity contribution is 5.66. The van der Waals surface area contributed by atoms with Crippen LogP contribution >= 0.6 is 0 Å². The molecule has 2 aromatic rings. The first kappa shape index (κ1) is 31.2. The number of nitrogens with zero attached hydrogens (tertiary/aromatic N) is 1. The third kappa shape index (κ3) is 5.37. The maximum Gasteiger partial charge on any atom is 0.345 e. The molecule has 2 saturated carbocycles. The van der Waals surface area contributed by atoms with Gasteiger partial charge < -0.3 is 28.5 Å². The standard InChI is InChI=1S/C33H43NO9/c1-18(2)16-39-25-10-11-31(5)24(32(25,6)17-40-19(3)35)14-26(41-20(4)36)33(7)29(31)28(37)27-23(43-33)13-22(42-30(27)38)21-9-8-12-34-15-21/h8-9,12-13,15,18,24-26,28-29,37H,10-11,14,16-17H2,1-7H3/t24?,25-,26-,28-,29?,31-,32-,33+/m0/s1. The van der Waals surface area contributed by atoms with Gasteiger partial charge in [-0.1, -0.05) is 27.7 Å². The second kappa shape index (κ2) is 11.4. The van der Waals surface area contributed by atoms with Crippen molar-refractivity contribution < 1.29 is 38.1 Å². The molecule has 3 aliphatic rings. The molecule has 43 heavy (non-hydrogen) atoms. The van der Waals surface area contributed by atoms with Gasteiger partial charge in [-0.25, -0.2) is 4.79 Å². The van der Waals surface area contributed by atoms with E-state index in [4.69, 9.17) is 23.4 Å². The largest absolute Gasteiger partial charge is 0.482 e. The van der Waals surface area contributed by atoms with Crippen molar-refractivity contribution in [2.24, 2.45) is 28.6 Å². The summed E-state index contributed by atoms with van der Waals surface area (Å²) in [5.74, 6) is -1.02.